The number of hydrogen-bond acceptors (Lipinski definition) is 0. The molecule has 2 rings (SSSR count). The molecule has 1 saturated carbocycles. The highest BCUT2D eigenvalue weighted by Crippen LogP contribution is 2.52. The van der Waals surface area contributed by atoms with Gasteiger partial charge in [-0.3, -0.25) is 0 Å². The fraction of sp³-hybridized carbons (Fsp3) is 0.857. The van der Waals surface area contributed by atoms with Crippen molar-refractivity contribution in [2.24, 2.45) is 17.3 Å². The summed E-state index contributed by atoms with van der Waals surface area (Å²) in [5, 5.41) is 0. The molecule has 0 aromatic carbocycles. The lowest BCUT2D eigenvalue weighted by Crippen LogP contribution is -2.36. The van der Waals surface area contributed by atoms with Gasteiger partial charge in [-0.05, 0) is 56.8 Å². The molecule has 0 aromatic rings. The van der Waals surface area contributed by atoms with Crippen molar-refractivity contribution in [3.05, 3.63) is 11.1 Å². The standard InChI is InChI=1S/C14H24/c1-10-5-6-14(4)9-12(3)11(2)8-13(14)7-10/h10,13H,5-9H2,1-4H3/t10-,13?,14?/m1/s1. The van der Waals surface area contributed by atoms with Gasteiger partial charge in [-0.1, -0.05) is 31.4 Å². The zero-order valence-corrected chi connectivity index (χ0v) is 10.2. The third-order valence-corrected chi connectivity index (χ3v) is 4.83. The van der Waals surface area contributed by atoms with Crippen LogP contribution in [-0.2, 0) is 0 Å². The fourth-order valence-corrected chi connectivity index (χ4v) is 3.53. The quantitative estimate of drug-likeness (QED) is 0.494. The van der Waals surface area contributed by atoms with Crippen molar-refractivity contribution < 1.29 is 0 Å². The molecule has 0 nitrogen and oxygen atoms in total. The lowest BCUT2D eigenvalue weighted by Gasteiger charge is -2.47. The van der Waals surface area contributed by atoms with Gasteiger partial charge < -0.3 is 0 Å². The van der Waals surface area contributed by atoms with Crippen LogP contribution in [0.3, 0.4) is 0 Å². The highest BCUT2D eigenvalue weighted by Gasteiger charge is 2.41. The van der Waals surface area contributed by atoms with Crippen LogP contribution in [-0.4, -0.2) is 0 Å². The van der Waals surface area contributed by atoms with Gasteiger partial charge in [0.15, 0.2) is 0 Å². The van der Waals surface area contributed by atoms with E-state index in [2.05, 4.69) is 27.7 Å². The third-order valence-electron chi connectivity index (χ3n) is 4.83. The van der Waals surface area contributed by atoms with Gasteiger partial charge in [-0.2, -0.15) is 0 Å². The first-order chi connectivity index (χ1) is 6.51. The number of fused-ring (bicyclic) bond motifs is 1. The molecule has 0 heteroatoms. The number of rotatable bonds is 0. The summed E-state index contributed by atoms with van der Waals surface area (Å²) in [7, 11) is 0. The van der Waals surface area contributed by atoms with Crippen LogP contribution < -0.4 is 0 Å². The lowest BCUT2D eigenvalue weighted by molar-refractivity contribution is 0.0759. The van der Waals surface area contributed by atoms with Crippen LogP contribution in [0, 0.1) is 17.3 Å². The van der Waals surface area contributed by atoms with Crippen molar-refractivity contribution in [1.29, 1.82) is 0 Å². The Morgan fingerprint density at radius 2 is 1.93 bits per heavy atom. The van der Waals surface area contributed by atoms with E-state index in [1.54, 1.807) is 11.1 Å². The normalized spacial score (nSPS) is 43.7. The number of hydrogen-bond donors (Lipinski definition) is 0. The largest absolute Gasteiger partial charge is 0.0741 e. The monoisotopic (exact) mass is 192 g/mol. The molecule has 2 aliphatic rings. The molecule has 2 unspecified atom stereocenters. The highest BCUT2D eigenvalue weighted by atomic mass is 14.5. The Bertz CT molecular complexity index is 261. The van der Waals surface area contributed by atoms with Crippen LogP contribution in [0.2, 0.25) is 0 Å². The maximum Gasteiger partial charge on any atom is -0.0257 e. The Kier molecular flexibility index (Phi) is 2.49. The summed E-state index contributed by atoms with van der Waals surface area (Å²) in [6, 6.07) is 0. The molecule has 0 amide bonds. The molecule has 14 heavy (non-hydrogen) atoms. The predicted molar refractivity (Wildman–Crippen MR) is 62.2 cm³/mol. The summed E-state index contributed by atoms with van der Waals surface area (Å²) in [4.78, 5) is 0. The second kappa shape index (κ2) is 3.40. The van der Waals surface area contributed by atoms with Gasteiger partial charge in [0, 0.05) is 0 Å². The molecular formula is C14H24. The summed E-state index contributed by atoms with van der Waals surface area (Å²) < 4.78 is 0. The Hall–Kier alpha value is -0.260. The predicted octanol–water partition coefficient (Wildman–Crippen LogP) is 4.56. The molecule has 1 fully saturated rings. The molecule has 0 aromatic heterocycles. The van der Waals surface area contributed by atoms with Gasteiger partial charge in [-0.25, -0.2) is 0 Å². The van der Waals surface area contributed by atoms with E-state index in [-0.39, 0.29) is 0 Å². The van der Waals surface area contributed by atoms with E-state index in [0.29, 0.717) is 5.41 Å². The molecule has 0 aliphatic heterocycles. The molecule has 0 bridgehead atoms. The van der Waals surface area contributed by atoms with Gasteiger partial charge in [0.25, 0.3) is 0 Å². The van der Waals surface area contributed by atoms with Crippen LogP contribution in [0.1, 0.15) is 59.8 Å². The van der Waals surface area contributed by atoms with Crippen molar-refractivity contribution in [3.63, 3.8) is 0 Å². The first-order valence-electron chi connectivity index (χ1n) is 6.16. The van der Waals surface area contributed by atoms with Crippen molar-refractivity contribution >= 4 is 0 Å². The Labute approximate surface area is 88.8 Å². The topological polar surface area (TPSA) is 0 Å². The molecule has 2 aliphatic carbocycles. The maximum absolute atomic E-state index is 2.53. The number of allylic oxidation sites excluding steroid dienone is 2. The van der Waals surface area contributed by atoms with Crippen LogP contribution in [0.5, 0.6) is 0 Å². The van der Waals surface area contributed by atoms with Crippen LogP contribution >= 0.6 is 0 Å². The summed E-state index contributed by atoms with van der Waals surface area (Å²) in [6.07, 6.45) is 7.15. The van der Waals surface area contributed by atoms with Crippen LogP contribution in [0.25, 0.3) is 0 Å². The van der Waals surface area contributed by atoms with Crippen molar-refractivity contribution in [3.8, 4) is 0 Å². The van der Waals surface area contributed by atoms with Crippen LogP contribution in [0.4, 0.5) is 0 Å². The SMILES string of the molecule is CC1=C(C)CC2(C)CC[C@@H](C)CC2C1. The second-order valence-corrected chi connectivity index (χ2v) is 6.17. The van der Waals surface area contributed by atoms with Crippen molar-refractivity contribution in [2.45, 2.75) is 59.8 Å². The second-order valence-electron chi connectivity index (χ2n) is 6.17. The Morgan fingerprint density at radius 3 is 2.64 bits per heavy atom. The van der Waals surface area contributed by atoms with E-state index < -0.39 is 0 Å². The maximum atomic E-state index is 2.53. The average Bonchev–Trinajstić information content (AvgIpc) is 2.10. The molecule has 0 radical (unpaired) electrons. The van der Waals surface area contributed by atoms with E-state index in [1.165, 1.54) is 32.1 Å². The summed E-state index contributed by atoms with van der Waals surface area (Å²) in [5.74, 6) is 1.95. The zero-order chi connectivity index (χ0) is 10.3. The van der Waals surface area contributed by atoms with Gasteiger partial charge in [0.05, 0.1) is 0 Å². The molecule has 0 N–H and O–H groups in total. The van der Waals surface area contributed by atoms with Gasteiger partial charge in [-0.15, -0.1) is 0 Å². The smallest absolute Gasteiger partial charge is 0.0257 e. The molecule has 0 saturated heterocycles. The van der Waals surface area contributed by atoms with Gasteiger partial charge >= 0.3 is 0 Å². The molecule has 3 atom stereocenters. The van der Waals surface area contributed by atoms with Crippen LogP contribution in [0.15, 0.2) is 11.1 Å². The lowest BCUT2D eigenvalue weighted by atomic mass is 9.58. The minimum absolute atomic E-state index is 0.649. The molecule has 0 heterocycles. The third kappa shape index (κ3) is 1.64. The van der Waals surface area contributed by atoms with E-state index in [4.69, 9.17) is 0 Å². The van der Waals surface area contributed by atoms with Crippen molar-refractivity contribution in [1.82, 2.24) is 0 Å². The first-order valence-corrected chi connectivity index (χ1v) is 6.16. The molecule has 0 spiro atoms. The first kappa shape index (κ1) is 10.3. The minimum Gasteiger partial charge on any atom is -0.0741 e. The summed E-state index contributed by atoms with van der Waals surface area (Å²) in [5.41, 5.74) is 4.01. The van der Waals surface area contributed by atoms with E-state index in [9.17, 15) is 0 Å². The summed E-state index contributed by atoms with van der Waals surface area (Å²) in [6.45, 7) is 9.64. The zero-order valence-electron chi connectivity index (χ0n) is 10.2. The average molecular weight is 192 g/mol. The molecule has 80 valence electrons. The minimum atomic E-state index is 0.649. The molecular weight excluding hydrogens is 168 g/mol. The van der Waals surface area contributed by atoms with Gasteiger partial charge in [0.1, 0.15) is 0 Å². The van der Waals surface area contributed by atoms with E-state index >= 15 is 0 Å². The van der Waals surface area contributed by atoms with Crippen molar-refractivity contribution in [2.75, 3.05) is 0 Å². The van der Waals surface area contributed by atoms with E-state index in [0.717, 1.165) is 11.8 Å². The highest BCUT2D eigenvalue weighted by molar-refractivity contribution is 5.18. The fourth-order valence-electron chi connectivity index (χ4n) is 3.53. The van der Waals surface area contributed by atoms with Gasteiger partial charge in [0.2, 0.25) is 0 Å². The Balaban J connectivity index is 2.21. The summed E-state index contributed by atoms with van der Waals surface area (Å²) >= 11 is 0. The van der Waals surface area contributed by atoms with E-state index in [1.807, 2.05) is 0 Å². The Morgan fingerprint density at radius 1 is 1.21 bits per heavy atom.